The highest BCUT2D eigenvalue weighted by atomic mass is 19.1. The van der Waals surface area contributed by atoms with Crippen molar-refractivity contribution < 1.29 is 14.0 Å². The number of carbonyl (C=O) groups excluding carboxylic acids is 2. The zero-order valence-electron chi connectivity index (χ0n) is 13.8. The zero-order chi connectivity index (χ0) is 18.5. The van der Waals surface area contributed by atoms with Crippen LogP contribution >= 0.6 is 0 Å². The molecule has 0 aliphatic heterocycles. The molecule has 26 heavy (non-hydrogen) atoms. The summed E-state index contributed by atoms with van der Waals surface area (Å²) in [5.74, 6) is -1.01. The fourth-order valence-corrected chi connectivity index (χ4v) is 2.23. The van der Waals surface area contributed by atoms with E-state index < -0.39 is 17.6 Å². The van der Waals surface area contributed by atoms with Crippen LogP contribution in [0, 0.1) is 5.82 Å². The molecule has 8 nitrogen and oxygen atoms in total. The number of nitrogens with one attached hydrogen (secondary N) is 2. The van der Waals surface area contributed by atoms with Gasteiger partial charge in [-0.25, -0.2) is 4.39 Å². The summed E-state index contributed by atoms with van der Waals surface area (Å²) < 4.78 is 13.6. The predicted octanol–water partition coefficient (Wildman–Crippen LogP) is 2.08. The van der Waals surface area contributed by atoms with Crippen molar-refractivity contribution in [2.45, 2.75) is 13.5 Å². The number of halogens is 1. The van der Waals surface area contributed by atoms with Crippen LogP contribution in [-0.2, 0) is 16.1 Å². The van der Waals surface area contributed by atoms with Crippen LogP contribution < -0.4 is 10.6 Å². The van der Waals surface area contributed by atoms with Crippen LogP contribution in [0.1, 0.15) is 6.92 Å². The molecule has 0 spiro atoms. The Bertz CT molecular complexity index is 941. The van der Waals surface area contributed by atoms with Crippen LogP contribution in [0.2, 0.25) is 0 Å². The Morgan fingerprint density at radius 3 is 2.62 bits per heavy atom. The number of hydrogen-bond donors (Lipinski definition) is 2. The van der Waals surface area contributed by atoms with Crippen molar-refractivity contribution in [3.8, 4) is 11.4 Å². The number of anilines is 2. The van der Waals surface area contributed by atoms with Gasteiger partial charge in [0.05, 0.1) is 5.69 Å². The van der Waals surface area contributed by atoms with Crippen molar-refractivity contribution in [2.24, 2.45) is 0 Å². The van der Waals surface area contributed by atoms with Gasteiger partial charge in [0.1, 0.15) is 12.4 Å². The normalized spacial score (nSPS) is 10.4. The van der Waals surface area contributed by atoms with Crippen molar-refractivity contribution in [3.63, 3.8) is 0 Å². The van der Waals surface area contributed by atoms with Gasteiger partial charge in [-0.1, -0.05) is 30.3 Å². The highest BCUT2D eigenvalue weighted by molar-refractivity contribution is 5.93. The van der Waals surface area contributed by atoms with Gasteiger partial charge in [0.15, 0.2) is 0 Å². The summed E-state index contributed by atoms with van der Waals surface area (Å²) in [6, 6.07) is 13.1. The van der Waals surface area contributed by atoms with Gasteiger partial charge in [0.25, 0.3) is 0 Å². The highest BCUT2D eigenvalue weighted by Gasteiger charge is 2.11. The minimum absolute atomic E-state index is 0.0134. The molecule has 0 saturated carbocycles. The highest BCUT2D eigenvalue weighted by Crippen LogP contribution is 2.19. The lowest BCUT2D eigenvalue weighted by Crippen LogP contribution is -2.20. The lowest BCUT2D eigenvalue weighted by atomic mass is 10.2. The Morgan fingerprint density at radius 1 is 1.12 bits per heavy atom. The van der Waals surface area contributed by atoms with E-state index in [0.29, 0.717) is 11.5 Å². The van der Waals surface area contributed by atoms with E-state index in [2.05, 4.69) is 26.0 Å². The Labute approximate surface area is 148 Å². The van der Waals surface area contributed by atoms with Gasteiger partial charge in [0, 0.05) is 18.2 Å². The van der Waals surface area contributed by atoms with Crippen molar-refractivity contribution in [2.75, 3.05) is 10.6 Å². The zero-order valence-corrected chi connectivity index (χ0v) is 13.8. The third-order valence-corrected chi connectivity index (χ3v) is 3.33. The number of tetrazole rings is 1. The van der Waals surface area contributed by atoms with Crippen molar-refractivity contribution in [1.29, 1.82) is 0 Å². The van der Waals surface area contributed by atoms with Crippen LogP contribution in [0.4, 0.5) is 15.8 Å². The molecule has 3 rings (SSSR count). The number of aromatic nitrogens is 4. The van der Waals surface area contributed by atoms with Gasteiger partial charge in [-0.15, -0.1) is 10.2 Å². The number of amides is 2. The minimum Gasteiger partial charge on any atom is -0.324 e. The number of carbonyl (C=O) groups is 2. The Hall–Kier alpha value is -3.62. The van der Waals surface area contributed by atoms with Crippen LogP contribution in [-0.4, -0.2) is 32.0 Å². The Balaban J connectivity index is 1.66. The molecule has 2 N–H and O–H groups in total. The van der Waals surface area contributed by atoms with Crippen LogP contribution in [0.3, 0.4) is 0 Å². The summed E-state index contributed by atoms with van der Waals surface area (Å²) in [5.41, 5.74) is 1.11. The smallest absolute Gasteiger partial charge is 0.248 e. The molecule has 1 aromatic heterocycles. The molecular weight excluding hydrogens is 339 g/mol. The van der Waals surface area contributed by atoms with Crippen molar-refractivity contribution in [3.05, 3.63) is 54.3 Å². The van der Waals surface area contributed by atoms with Crippen molar-refractivity contribution in [1.82, 2.24) is 20.2 Å². The molecule has 0 atom stereocenters. The number of benzene rings is 2. The second kappa shape index (κ2) is 7.51. The summed E-state index contributed by atoms with van der Waals surface area (Å²) in [6.07, 6.45) is 0. The molecular formula is C17H15FN6O2. The summed E-state index contributed by atoms with van der Waals surface area (Å²) in [5, 5.41) is 16.8. The molecule has 0 aliphatic rings. The van der Waals surface area contributed by atoms with Crippen LogP contribution in [0.5, 0.6) is 0 Å². The van der Waals surface area contributed by atoms with Gasteiger partial charge in [-0.3, -0.25) is 9.59 Å². The fourth-order valence-electron chi connectivity index (χ4n) is 2.23. The molecule has 0 radical (unpaired) electrons. The van der Waals surface area contributed by atoms with Gasteiger partial charge >= 0.3 is 0 Å². The average molecular weight is 354 g/mol. The van der Waals surface area contributed by atoms with E-state index in [0.717, 1.165) is 16.4 Å². The van der Waals surface area contributed by atoms with E-state index in [9.17, 15) is 14.0 Å². The van der Waals surface area contributed by atoms with E-state index >= 15 is 0 Å². The summed E-state index contributed by atoms with van der Waals surface area (Å²) in [6.45, 7) is 1.11. The van der Waals surface area contributed by atoms with Gasteiger partial charge in [-0.2, -0.15) is 4.80 Å². The lowest BCUT2D eigenvalue weighted by Gasteiger charge is -2.08. The molecule has 0 bridgehead atoms. The first-order valence-corrected chi connectivity index (χ1v) is 7.71. The van der Waals surface area contributed by atoms with E-state index in [1.165, 1.54) is 19.1 Å². The standard InChI is InChI=1S/C17H15FN6O2/c1-11(25)19-15-9-13(7-8-14(15)18)20-16(26)10-24-22-17(21-23-24)12-5-3-2-4-6-12/h2-9H,10H2,1H3,(H,19,25)(H,20,26). The third kappa shape index (κ3) is 4.26. The first-order valence-electron chi connectivity index (χ1n) is 7.71. The van der Waals surface area contributed by atoms with Crippen molar-refractivity contribution >= 4 is 23.2 Å². The minimum atomic E-state index is -0.594. The lowest BCUT2D eigenvalue weighted by molar-refractivity contribution is -0.117. The number of hydrogen-bond acceptors (Lipinski definition) is 5. The molecule has 2 amide bonds. The molecule has 132 valence electrons. The summed E-state index contributed by atoms with van der Waals surface area (Å²) in [7, 11) is 0. The first-order chi connectivity index (χ1) is 12.5. The molecule has 0 unspecified atom stereocenters. The molecule has 0 fully saturated rings. The third-order valence-electron chi connectivity index (χ3n) is 3.33. The first kappa shape index (κ1) is 17.2. The van der Waals surface area contributed by atoms with Gasteiger partial charge < -0.3 is 10.6 Å². The van der Waals surface area contributed by atoms with Gasteiger partial charge in [-0.05, 0) is 23.4 Å². The van der Waals surface area contributed by atoms with Gasteiger partial charge in [0.2, 0.25) is 17.6 Å². The summed E-state index contributed by atoms with van der Waals surface area (Å²) >= 11 is 0. The predicted molar refractivity (Wildman–Crippen MR) is 92.6 cm³/mol. The second-order valence-electron chi connectivity index (χ2n) is 5.43. The molecule has 2 aromatic carbocycles. The molecule has 9 heteroatoms. The largest absolute Gasteiger partial charge is 0.324 e. The Kier molecular flexibility index (Phi) is 4.97. The summed E-state index contributed by atoms with van der Waals surface area (Å²) in [4.78, 5) is 24.4. The van der Waals surface area contributed by atoms with E-state index in [1.54, 1.807) is 0 Å². The fraction of sp³-hybridized carbons (Fsp3) is 0.118. The van der Waals surface area contributed by atoms with Crippen LogP contribution in [0.15, 0.2) is 48.5 Å². The van der Waals surface area contributed by atoms with E-state index in [-0.39, 0.29) is 12.2 Å². The number of nitrogens with zero attached hydrogens (tertiary/aromatic N) is 4. The second-order valence-corrected chi connectivity index (χ2v) is 5.43. The maximum atomic E-state index is 13.6. The van der Waals surface area contributed by atoms with E-state index in [1.807, 2.05) is 30.3 Å². The maximum absolute atomic E-state index is 13.6. The molecule has 3 aromatic rings. The molecule has 0 saturated heterocycles. The average Bonchev–Trinajstić information content (AvgIpc) is 3.06. The topological polar surface area (TPSA) is 102 Å². The SMILES string of the molecule is CC(=O)Nc1cc(NC(=O)Cn2nnc(-c3ccccc3)n2)ccc1F. The Morgan fingerprint density at radius 2 is 1.88 bits per heavy atom. The maximum Gasteiger partial charge on any atom is 0.248 e. The monoisotopic (exact) mass is 354 g/mol. The quantitative estimate of drug-likeness (QED) is 0.730. The van der Waals surface area contributed by atoms with Crippen LogP contribution in [0.25, 0.3) is 11.4 Å². The van der Waals surface area contributed by atoms with E-state index in [4.69, 9.17) is 0 Å². The number of rotatable bonds is 5. The molecule has 0 aliphatic carbocycles. The molecule has 1 heterocycles.